The maximum absolute atomic E-state index is 13.2. The second-order valence-electron chi connectivity index (χ2n) is 6.04. The summed E-state index contributed by atoms with van der Waals surface area (Å²) in [6.07, 6.45) is 3.29. The molecule has 2 heterocycles. The molecule has 0 saturated carbocycles. The Morgan fingerprint density at radius 1 is 1.32 bits per heavy atom. The lowest BCUT2D eigenvalue weighted by Crippen LogP contribution is -2.17. The lowest BCUT2D eigenvalue weighted by Gasteiger charge is -2.14. The number of hydrogen-bond donors (Lipinski definition) is 0. The molecule has 1 aliphatic heterocycles. The van der Waals surface area contributed by atoms with Gasteiger partial charge in [0.15, 0.2) is 11.0 Å². The lowest BCUT2D eigenvalue weighted by atomic mass is 10.2. The summed E-state index contributed by atoms with van der Waals surface area (Å²) in [6.45, 7) is 1.34. The van der Waals surface area contributed by atoms with Gasteiger partial charge in [-0.05, 0) is 37.1 Å². The van der Waals surface area contributed by atoms with Crippen molar-refractivity contribution in [2.75, 3.05) is 24.4 Å². The van der Waals surface area contributed by atoms with Gasteiger partial charge in [-0.25, -0.2) is 12.8 Å². The molecule has 0 spiro atoms. The van der Waals surface area contributed by atoms with Crippen LogP contribution in [0.25, 0.3) is 11.4 Å². The van der Waals surface area contributed by atoms with E-state index >= 15 is 0 Å². The second-order valence-corrected chi connectivity index (χ2v) is 9.36. The Labute approximate surface area is 150 Å². The van der Waals surface area contributed by atoms with Gasteiger partial charge in [-0.15, -0.1) is 10.2 Å². The average molecular weight is 385 g/mol. The first-order valence-corrected chi connectivity index (χ1v) is 11.1. The molecule has 0 radical (unpaired) electrons. The van der Waals surface area contributed by atoms with E-state index in [9.17, 15) is 12.8 Å². The third kappa shape index (κ3) is 5.02. The van der Waals surface area contributed by atoms with Gasteiger partial charge in [0, 0.05) is 24.2 Å². The molecule has 1 aromatic carbocycles. The Morgan fingerprint density at radius 2 is 2.08 bits per heavy atom. The van der Waals surface area contributed by atoms with Crippen LogP contribution < -0.4 is 0 Å². The summed E-state index contributed by atoms with van der Waals surface area (Å²) < 4.78 is 43.5. The highest BCUT2D eigenvalue weighted by Crippen LogP contribution is 2.26. The molecule has 0 bridgehead atoms. The quantitative estimate of drug-likeness (QED) is 0.682. The Morgan fingerprint density at radius 3 is 2.72 bits per heavy atom. The topological polar surface area (TPSA) is 74.1 Å². The highest BCUT2D eigenvalue weighted by atomic mass is 32.2. The standard InChI is InChI=1S/C16H20FN3O3S2/c1-25(21,22)10-9-24-16-19-18-15(12-4-6-13(17)7-5-12)20(16)11-14-3-2-8-23-14/h4-7,14H,2-3,8-11H2,1H3. The molecule has 0 aliphatic carbocycles. The van der Waals surface area contributed by atoms with Gasteiger partial charge in [-0.3, -0.25) is 4.57 Å². The van der Waals surface area contributed by atoms with E-state index in [0.29, 0.717) is 23.3 Å². The van der Waals surface area contributed by atoms with E-state index in [4.69, 9.17) is 4.74 Å². The van der Waals surface area contributed by atoms with Gasteiger partial charge in [0.25, 0.3) is 0 Å². The summed E-state index contributed by atoms with van der Waals surface area (Å²) in [4.78, 5) is 0. The zero-order chi connectivity index (χ0) is 17.9. The monoisotopic (exact) mass is 385 g/mol. The number of benzene rings is 1. The van der Waals surface area contributed by atoms with Gasteiger partial charge in [-0.1, -0.05) is 11.8 Å². The molecule has 3 rings (SSSR count). The molecule has 1 aromatic heterocycles. The summed E-state index contributed by atoms with van der Waals surface area (Å²) in [5.41, 5.74) is 0.766. The van der Waals surface area contributed by atoms with Gasteiger partial charge in [0.05, 0.1) is 18.4 Å². The van der Waals surface area contributed by atoms with Crippen molar-refractivity contribution in [1.29, 1.82) is 0 Å². The maximum Gasteiger partial charge on any atom is 0.191 e. The Bertz CT molecular complexity index is 816. The third-order valence-electron chi connectivity index (χ3n) is 3.91. The van der Waals surface area contributed by atoms with Gasteiger partial charge < -0.3 is 4.74 Å². The van der Waals surface area contributed by atoms with E-state index in [1.54, 1.807) is 12.1 Å². The van der Waals surface area contributed by atoms with Crippen molar-refractivity contribution >= 4 is 21.6 Å². The van der Waals surface area contributed by atoms with Crippen LogP contribution in [0.15, 0.2) is 29.4 Å². The SMILES string of the molecule is CS(=O)(=O)CCSc1nnc(-c2ccc(F)cc2)n1CC1CCCO1. The fourth-order valence-corrected chi connectivity index (χ4v) is 4.79. The summed E-state index contributed by atoms with van der Waals surface area (Å²) in [5, 5.41) is 9.10. The zero-order valence-corrected chi connectivity index (χ0v) is 15.5. The molecular weight excluding hydrogens is 365 g/mol. The number of thioether (sulfide) groups is 1. The molecule has 1 aliphatic rings. The van der Waals surface area contributed by atoms with Gasteiger partial charge in [0.2, 0.25) is 0 Å². The predicted molar refractivity (Wildman–Crippen MR) is 94.8 cm³/mol. The predicted octanol–water partition coefficient (Wildman–Crippen LogP) is 2.40. The van der Waals surface area contributed by atoms with E-state index in [1.807, 2.05) is 4.57 Å². The van der Waals surface area contributed by atoms with Crippen molar-refractivity contribution in [1.82, 2.24) is 14.8 Å². The van der Waals surface area contributed by atoms with Gasteiger partial charge in [-0.2, -0.15) is 0 Å². The summed E-state index contributed by atoms with van der Waals surface area (Å²) in [7, 11) is -3.02. The number of ether oxygens (including phenoxy) is 1. The fraction of sp³-hybridized carbons (Fsp3) is 0.500. The molecule has 1 unspecified atom stereocenters. The highest BCUT2D eigenvalue weighted by Gasteiger charge is 2.22. The molecule has 25 heavy (non-hydrogen) atoms. The zero-order valence-electron chi connectivity index (χ0n) is 13.9. The molecule has 136 valence electrons. The highest BCUT2D eigenvalue weighted by molar-refractivity contribution is 8.00. The van der Waals surface area contributed by atoms with Crippen LogP contribution in [-0.4, -0.2) is 53.7 Å². The van der Waals surface area contributed by atoms with E-state index in [-0.39, 0.29) is 17.7 Å². The second kappa shape index (κ2) is 7.84. The normalized spacial score (nSPS) is 17.9. The summed E-state index contributed by atoms with van der Waals surface area (Å²) >= 11 is 1.36. The van der Waals surface area contributed by atoms with Gasteiger partial charge in [0.1, 0.15) is 15.7 Å². The molecule has 9 heteroatoms. The number of halogens is 1. The minimum atomic E-state index is -3.02. The molecule has 1 fully saturated rings. The number of aromatic nitrogens is 3. The summed E-state index contributed by atoms with van der Waals surface area (Å²) in [6, 6.07) is 6.10. The van der Waals surface area contributed by atoms with Crippen LogP contribution in [0.3, 0.4) is 0 Å². The van der Waals surface area contributed by atoms with Crippen LogP contribution in [0.4, 0.5) is 4.39 Å². The first-order valence-electron chi connectivity index (χ1n) is 8.03. The molecule has 2 aromatic rings. The molecule has 6 nitrogen and oxygen atoms in total. The minimum Gasteiger partial charge on any atom is -0.376 e. The maximum atomic E-state index is 13.2. The van der Waals surface area contributed by atoms with Crippen LogP contribution >= 0.6 is 11.8 Å². The van der Waals surface area contributed by atoms with Crippen molar-refractivity contribution in [3.63, 3.8) is 0 Å². The Balaban J connectivity index is 1.84. The van der Waals surface area contributed by atoms with Crippen LogP contribution in [0.2, 0.25) is 0 Å². The first-order chi connectivity index (χ1) is 11.9. The molecular formula is C16H20FN3O3S2. The average Bonchev–Trinajstić information content (AvgIpc) is 3.18. The van der Waals surface area contributed by atoms with Crippen molar-refractivity contribution < 1.29 is 17.5 Å². The largest absolute Gasteiger partial charge is 0.376 e. The first kappa shape index (κ1) is 18.3. The van der Waals surface area contributed by atoms with Crippen molar-refractivity contribution in [2.45, 2.75) is 30.6 Å². The number of sulfone groups is 1. The smallest absolute Gasteiger partial charge is 0.191 e. The van der Waals surface area contributed by atoms with Crippen molar-refractivity contribution in [3.05, 3.63) is 30.1 Å². The summed E-state index contributed by atoms with van der Waals surface area (Å²) in [5.74, 6) is 0.816. The molecule has 1 saturated heterocycles. The van der Waals surface area contributed by atoms with Crippen LogP contribution in [0.5, 0.6) is 0 Å². The lowest BCUT2D eigenvalue weighted by molar-refractivity contribution is 0.0953. The number of rotatable bonds is 7. The Kier molecular flexibility index (Phi) is 5.75. The van der Waals surface area contributed by atoms with Crippen LogP contribution in [-0.2, 0) is 21.1 Å². The Hall–Kier alpha value is -1.45. The number of hydrogen-bond acceptors (Lipinski definition) is 6. The van der Waals surface area contributed by atoms with E-state index in [1.165, 1.54) is 30.2 Å². The van der Waals surface area contributed by atoms with Crippen molar-refractivity contribution in [2.24, 2.45) is 0 Å². The van der Waals surface area contributed by atoms with Crippen molar-refractivity contribution in [3.8, 4) is 11.4 Å². The number of nitrogens with zero attached hydrogens (tertiary/aromatic N) is 3. The van der Waals surface area contributed by atoms with E-state index < -0.39 is 9.84 Å². The van der Waals surface area contributed by atoms with Gasteiger partial charge >= 0.3 is 0 Å². The molecule has 0 amide bonds. The third-order valence-corrected chi connectivity index (χ3v) is 6.09. The van der Waals surface area contributed by atoms with Crippen LogP contribution in [0.1, 0.15) is 12.8 Å². The molecule has 0 N–H and O–H groups in total. The van der Waals surface area contributed by atoms with Crippen LogP contribution in [0, 0.1) is 5.82 Å². The fourth-order valence-electron chi connectivity index (χ4n) is 2.65. The van der Waals surface area contributed by atoms with E-state index in [0.717, 1.165) is 25.0 Å². The van der Waals surface area contributed by atoms with E-state index in [2.05, 4.69) is 10.2 Å². The molecule has 1 atom stereocenters. The minimum absolute atomic E-state index is 0.0797.